The molecule has 0 saturated heterocycles. The second-order valence-electron chi connectivity index (χ2n) is 3.25. The largest absolute Gasteiger partial charge is 0.381 e. The molecule has 1 rings (SSSR count). The summed E-state index contributed by atoms with van der Waals surface area (Å²) in [5.41, 5.74) is 1.43. The molecule has 1 heterocycles. The average molecular weight is 221 g/mol. The highest BCUT2D eigenvalue weighted by Gasteiger charge is 2.01. The number of hydrogen-bond donors (Lipinski definition) is 1. The van der Waals surface area contributed by atoms with Crippen molar-refractivity contribution in [2.24, 2.45) is 0 Å². The van der Waals surface area contributed by atoms with Crippen molar-refractivity contribution < 1.29 is 0 Å². The van der Waals surface area contributed by atoms with E-state index in [1.807, 2.05) is 23.9 Å². The molecule has 0 aromatic carbocycles. The van der Waals surface area contributed by atoms with Crippen molar-refractivity contribution >= 4 is 17.4 Å². The normalized spacial score (nSPS) is 11.8. The molecule has 1 aromatic heterocycles. The van der Waals surface area contributed by atoms with Crippen LogP contribution in [-0.4, -0.2) is 22.5 Å². The first-order valence-corrected chi connectivity index (χ1v) is 6.12. The number of nitrogens with one attached hydrogen (secondary N) is 1. The summed E-state index contributed by atoms with van der Waals surface area (Å²) in [5.74, 6) is 2.22. The highest BCUT2D eigenvalue weighted by molar-refractivity contribution is 7.99. The molecule has 0 saturated carbocycles. The van der Waals surface area contributed by atoms with Crippen molar-refractivity contribution in [1.29, 1.82) is 5.26 Å². The first-order valence-electron chi connectivity index (χ1n) is 4.96. The molecule has 80 valence electrons. The third-order valence-corrected chi connectivity index (χ3v) is 3.01. The molecule has 0 spiro atoms. The summed E-state index contributed by atoms with van der Waals surface area (Å²) >= 11 is 1.91. The van der Waals surface area contributed by atoms with Crippen LogP contribution in [0.4, 0.5) is 5.69 Å². The molecule has 1 atom stereocenters. The van der Waals surface area contributed by atoms with E-state index in [1.165, 1.54) is 0 Å². The van der Waals surface area contributed by atoms with E-state index in [-0.39, 0.29) is 0 Å². The number of pyridine rings is 1. The zero-order valence-corrected chi connectivity index (χ0v) is 9.84. The van der Waals surface area contributed by atoms with E-state index in [0.717, 1.165) is 17.2 Å². The summed E-state index contributed by atoms with van der Waals surface area (Å²) in [6.45, 7) is 4.29. The van der Waals surface area contributed by atoms with Crippen molar-refractivity contribution in [3.05, 3.63) is 24.0 Å². The monoisotopic (exact) mass is 221 g/mol. The number of nitriles is 1. The average Bonchev–Trinajstić information content (AvgIpc) is 2.27. The van der Waals surface area contributed by atoms with Gasteiger partial charge in [-0.3, -0.25) is 0 Å². The minimum atomic E-state index is 0.421. The molecule has 0 aliphatic heterocycles. The van der Waals surface area contributed by atoms with Gasteiger partial charge in [0.15, 0.2) is 0 Å². The van der Waals surface area contributed by atoms with Crippen LogP contribution in [0.2, 0.25) is 0 Å². The van der Waals surface area contributed by atoms with Crippen LogP contribution in [-0.2, 0) is 0 Å². The van der Waals surface area contributed by atoms with Gasteiger partial charge in [0.05, 0.1) is 11.9 Å². The van der Waals surface area contributed by atoms with Crippen molar-refractivity contribution in [2.45, 2.75) is 19.9 Å². The van der Waals surface area contributed by atoms with Gasteiger partial charge in [-0.25, -0.2) is 4.98 Å². The lowest BCUT2D eigenvalue weighted by molar-refractivity contribution is 0.911. The topological polar surface area (TPSA) is 48.7 Å². The minimum Gasteiger partial charge on any atom is -0.381 e. The van der Waals surface area contributed by atoms with Gasteiger partial charge >= 0.3 is 0 Å². The second-order valence-corrected chi connectivity index (χ2v) is 4.57. The lowest BCUT2D eigenvalue weighted by atomic mass is 10.3. The van der Waals surface area contributed by atoms with Crippen LogP contribution in [0.25, 0.3) is 0 Å². The van der Waals surface area contributed by atoms with Crippen molar-refractivity contribution in [1.82, 2.24) is 4.98 Å². The third-order valence-electron chi connectivity index (χ3n) is 1.86. The summed E-state index contributed by atoms with van der Waals surface area (Å²) in [4.78, 5) is 4.00. The van der Waals surface area contributed by atoms with Gasteiger partial charge in [0.25, 0.3) is 0 Å². The summed E-state index contributed by atoms with van der Waals surface area (Å²) in [6.07, 6.45) is 1.70. The van der Waals surface area contributed by atoms with Gasteiger partial charge in [-0.05, 0) is 24.8 Å². The van der Waals surface area contributed by atoms with E-state index in [9.17, 15) is 0 Å². The summed E-state index contributed by atoms with van der Waals surface area (Å²) in [6, 6.07) is 6.03. The van der Waals surface area contributed by atoms with Crippen LogP contribution < -0.4 is 5.32 Å². The molecule has 3 nitrogen and oxygen atoms in total. The maximum atomic E-state index is 8.59. The van der Waals surface area contributed by atoms with Gasteiger partial charge in [0, 0.05) is 11.8 Å². The maximum absolute atomic E-state index is 8.59. The molecule has 1 N–H and O–H groups in total. The van der Waals surface area contributed by atoms with Crippen LogP contribution in [0.1, 0.15) is 19.5 Å². The Morgan fingerprint density at radius 3 is 2.93 bits per heavy atom. The predicted molar refractivity (Wildman–Crippen MR) is 65.0 cm³/mol. The molecule has 0 radical (unpaired) electrons. The lowest BCUT2D eigenvalue weighted by Crippen LogP contribution is -2.18. The van der Waals surface area contributed by atoms with Crippen molar-refractivity contribution in [2.75, 3.05) is 16.8 Å². The number of anilines is 1. The molecule has 0 fully saturated rings. The van der Waals surface area contributed by atoms with E-state index in [0.29, 0.717) is 11.7 Å². The quantitative estimate of drug-likeness (QED) is 0.830. The molecule has 1 aromatic rings. The third kappa shape index (κ3) is 4.22. The van der Waals surface area contributed by atoms with Crippen molar-refractivity contribution in [3.8, 4) is 6.07 Å². The van der Waals surface area contributed by atoms with Crippen LogP contribution in [0.5, 0.6) is 0 Å². The highest BCUT2D eigenvalue weighted by Crippen LogP contribution is 2.10. The number of rotatable bonds is 5. The van der Waals surface area contributed by atoms with E-state index in [4.69, 9.17) is 5.26 Å². The first kappa shape index (κ1) is 11.9. The fraction of sp³-hybridized carbons (Fsp3) is 0.455. The fourth-order valence-corrected chi connectivity index (χ4v) is 1.84. The van der Waals surface area contributed by atoms with E-state index in [1.54, 1.807) is 12.3 Å². The minimum absolute atomic E-state index is 0.421. The standard InChI is InChI=1S/C11H15N3S/c1-3-15-8-9(2)14-11-5-4-10(6-12)13-7-11/h4-5,7,9,14H,3,8H2,1-2H3. The Bertz CT molecular complexity index is 329. The fourth-order valence-electron chi connectivity index (χ4n) is 1.17. The number of hydrogen-bond acceptors (Lipinski definition) is 4. The highest BCUT2D eigenvalue weighted by atomic mass is 32.2. The number of aromatic nitrogens is 1. The zero-order chi connectivity index (χ0) is 11.1. The molecule has 1 unspecified atom stereocenters. The van der Waals surface area contributed by atoms with Crippen LogP contribution >= 0.6 is 11.8 Å². The van der Waals surface area contributed by atoms with Gasteiger partial charge in [-0.15, -0.1) is 0 Å². The molecule has 0 bridgehead atoms. The summed E-state index contributed by atoms with van der Waals surface area (Å²) in [7, 11) is 0. The van der Waals surface area contributed by atoms with Crippen molar-refractivity contribution in [3.63, 3.8) is 0 Å². The molecular weight excluding hydrogens is 206 g/mol. The zero-order valence-electron chi connectivity index (χ0n) is 9.03. The molecule has 15 heavy (non-hydrogen) atoms. The lowest BCUT2D eigenvalue weighted by Gasteiger charge is -2.13. The Hall–Kier alpha value is -1.21. The summed E-state index contributed by atoms with van der Waals surface area (Å²) < 4.78 is 0. The Labute approximate surface area is 94.9 Å². The maximum Gasteiger partial charge on any atom is 0.140 e. The van der Waals surface area contributed by atoms with Gasteiger partial charge < -0.3 is 5.32 Å². The van der Waals surface area contributed by atoms with Gasteiger partial charge in [-0.1, -0.05) is 6.92 Å². The Morgan fingerprint density at radius 1 is 1.60 bits per heavy atom. The van der Waals surface area contributed by atoms with Gasteiger partial charge in [-0.2, -0.15) is 17.0 Å². The summed E-state index contributed by atoms with van der Waals surface area (Å²) in [5, 5.41) is 11.9. The molecule has 0 aliphatic carbocycles. The number of thioether (sulfide) groups is 1. The van der Waals surface area contributed by atoms with E-state index >= 15 is 0 Å². The first-order chi connectivity index (χ1) is 7.26. The van der Waals surface area contributed by atoms with Gasteiger partial charge in [0.1, 0.15) is 11.8 Å². The Balaban J connectivity index is 2.47. The van der Waals surface area contributed by atoms with E-state index in [2.05, 4.69) is 24.1 Å². The number of nitrogens with zero attached hydrogens (tertiary/aromatic N) is 2. The Morgan fingerprint density at radius 2 is 2.40 bits per heavy atom. The second kappa shape index (κ2) is 6.31. The van der Waals surface area contributed by atoms with Crippen LogP contribution in [0.3, 0.4) is 0 Å². The smallest absolute Gasteiger partial charge is 0.140 e. The predicted octanol–water partition coefficient (Wildman–Crippen LogP) is 2.51. The Kier molecular flexibility index (Phi) is 4.99. The van der Waals surface area contributed by atoms with E-state index < -0.39 is 0 Å². The molecule has 4 heteroatoms. The van der Waals surface area contributed by atoms with Gasteiger partial charge in [0.2, 0.25) is 0 Å². The SMILES string of the molecule is CCSCC(C)Nc1ccc(C#N)nc1. The molecule has 0 aliphatic rings. The molecule has 0 amide bonds. The molecular formula is C11H15N3S. The van der Waals surface area contributed by atoms with Crippen LogP contribution in [0, 0.1) is 11.3 Å². The van der Waals surface area contributed by atoms with Crippen LogP contribution in [0.15, 0.2) is 18.3 Å².